The van der Waals surface area contributed by atoms with Crippen LogP contribution in [0.4, 0.5) is 5.82 Å². The maximum Gasteiger partial charge on any atom is 0.156 e. The summed E-state index contributed by atoms with van der Waals surface area (Å²) < 4.78 is 2.09. The van der Waals surface area contributed by atoms with Crippen molar-refractivity contribution < 1.29 is 0 Å². The first-order valence-electron chi connectivity index (χ1n) is 8.98. The minimum absolute atomic E-state index is 0.535. The number of fused-ring (bicyclic) bond motifs is 1. The van der Waals surface area contributed by atoms with Crippen LogP contribution in [0.3, 0.4) is 0 Å². The summed E-state index contributed by atoms with van der Waals surface area (Å²) in [6.07, 6.45) is 4.89. The molecular weight excluding hydrogens is 322 g/mol. The van der Waals surface area contributed by atoms with Crippen LogP contribution in [0.15, 0.2) is 42.7 Å². The standard InChI is InChI=1S/C21H23N5/c1-15-18(13-22)20-23-10-12-26(20)21(19(15)16-7-5-4-6-8-16)25-11-9-17(14-25)24(2)3/h4-8,10,12,17H,9,11,14H2,1-3H3/t17-/m0/s1. The van der Waals surface area contributed by atoms with Gasteiger partial charge >= 0.3 is 0 Å². The van der Waals surface area contributed by atoms with E-state index in [0.29, 0.717) is 11.6 Å². The van der Waals surface area contributed by atoms with Crippen LogP contribution in [0.5, 0.6) is 0 Å². The molecule has 0 N–H and O–H groups in total. The van der Waals surface area contributed by atoms with Gasteiger partial charge in [0.2, 0.25) is 0 Å². The lowest BCUT2D eigenvalue weighted by Crippen LogP contribution is -2.32. The van der Waals surface area contributed by atoms with E-state index in [1.54, 1.807) is 6.20 Å². The SMILES string of the molecule is Cc1c(-c2ccccc2)c(N2CC[C@H](N(C)C)C2)n2ccnc2c1C#N. The third kappa shape index (κ3) is 2.54. The van der Waals surface area contributed by atoms with Gasteiger partial charge in [-0.25, -0.2) is 4.98 Å². The van der Waals surface area contributed by atoms with E-state index in [1.807, 2.05) is 19.2 Å². The highest BCUT2D eigenvalue weighted by atomic mass is 15.3. The van der Waals surface area contributed by atoms with E-state index in [0.717, 1.165) is 47.7 Å². The van der Waals surface area contributed by atoms with Crippen molar-refractivity contribution >= 4 is 11.5 Å². The number of pyridine rings is 1. The average Bonchev–Trinajstić information content (AvgIpc) is 3.31. The van der Waals surface area contributed by atoms with E-state index in [4.69, 9.17) is 0 Å². The lowest BCUT2D eigenvalue weighted by Gasteiger charge is -2.27. The molecule has 132 valence electrons. The zero-order valence-electron chi connectivity index (χ0n) is 15.5. The first kappa shape index (κ1) is 16.6. The Morgan fingerprint density at radius 1 is 1.23 bits per heavy atom. The van der Waals surface area contributed by atoms with Gasteiger partial charge in [0.25, 0.3) is 0 Å². The van der Waals surface area contributed by atoms with Crippen molar-refractivity contribution in [2.45, 2.75) is 19.4 Å². The van der Waals surface area contributed by atoms with Crippen LogP contribution in [-0.4, -0.2) is 47.5 Å². The number of nitrogens with zero attached hydrogens (tertiary/aromatic N) is 5. The Morgan fingerprint density at radius 3 is 2.65 bits per heavy atom. The first-order valence-corrected chi connectivity index (χ1v) is 8.98. The molecule has 0 spiro atoms. The summed E-state index contributed by atoms with van der Waals surface area (Å²) >= 11 is 0. The van der Waals surface area contributed by atoms with Gasteiger partial charge in [0.1, 0.15) is 11.9 Å². The van der Waals surface area contributed by atoms with Crippen molar-refractivity contribution in [3.8, 4) is 17.2 Å². The number of anilines is 1. The van der Waals surface area contributed by atoms with E-state index >= 15 is 0 Å². The highest BCUT2D eigenvalue weighted by Gasteiger charge is 2.29. The average molecular weight is 345 g/mol. The molecule has 1 aromatic carbocycles. The van der Waals surface area contributed by atoms with Crippen LogP contribution < -0.4 is 4.90 Å². The topological polar surface area (TPSA) is 47.6 Å². The number of aromatic nitrogens is 2. The number of nitriles is 1. The second-order valence-electron chi connectivity index (χ2n) is 7.15. The fourth-order valence-corrected chi connectivity index (χ4v) is 3.99. The second-order valence-corrected chi connectivity index (χ2v) is 7.15. The molecule has 1 aliphatic heterocycles. The van der Waals surface area contributed by atoms with E-state index in [9.17, 15) is 5.26 Å². The molecule has 1 atom stereocenters. The Morgan fingerprint density at radius 2 is 2.00 bits per heavy atom. The first-order chi connectivity index (χ1) is 12.6. The summed E-state index contributed by atoms with van der Waals surface area (Å²) in [4.78, 5) is 9.21. The van der Waals surface area contributed by atoms with Gasteiger partial charge in [-0.05, 0) is 38.6 Å². The van der Waals surface area contributed by atoms with Gasteiger partial charge in [-0.1, -0.05) is 30.3 Å². The Hall–Kier alpha value is -2.84. The van der Waals surface area contributed by atoms with Crippen LogP contribution in [0.25, 0.3) is 16.8 Å². The Balaban J connectivity index is 1.99. The summed E-state index contributed by atoms with van der Waals surface area (Å²) in [5.41, 5.74) is 4.67. The summed E-state index contributed by atoms with van der Waals surface area (Å²) in [5, 5.41) is 9.75. The van der Waals surface area contributed by atoms with Crippen LogP contribution in [0, 0.1) is 18.3 Å². The molecule has 0 amide bonds. The number of rotatable bonds is 3. The number of imidazole rings is 1. The van der Waals surface area contributed by atoms with Gasteiger partial charge in [-0.2, -0.15) is 5.26 Å². The van der Waals surface area contributed by atoms with Gasteiger partial charge < -0.3 is 9.80 Å². The van der Waals surface area contributed by atoms with Crippen molar-refractivity contribution in [2.75, 3.05) is 32.1 Å². The van der Waals surface area contributed by atoms with Crippen LogP contribution in [-0.2, 0) is 0 Å². The quantitative estimate of drug-likeness (QED) is 0.731. The summed E-state index contributed by atoms with van der Waals surface area (Å²) in [6, 6.07) is 13.3. The van der Waals surface area contributed by atoms with E-state index in [1.165, 1.54) is 0 Å². The van der Waals surface area contributed by atoms with Crippen molar-refractivity contribution in [2.24, 2.45) is 0 Å². The molecule has 2 aromatic heterocycles. The zero-order chi connectivity index (χ0) is 18.3. The monoisotopic (exact) mass is 345 g/mol. The highest BCUT2D eigenvalue weighted by Crippen LogP contribution is 2.38. The molecule has 0 radical (unpaired) electrons. The molecule has 1 fully saturated rings. The van der Waals surface area contributed by atoms with Crippen molar-refractivity contribution in [1.29, 1.82) is 5.26 Å². The third-order valence-electron chi connectivity index (χ3n) is 5.43. The van der Waals surface area contributed by atoms with Crippen molar-refractivity contribution in [1.82, 2.24) is 14.3 Å². The lowest BCUT2D eigenvalue weighted by atomic mass is 9.97. The number of hydrogen-bond acceptors (Lipinski definition) is 4. The van der Waals surface area contributed by atoms with Crippen LogP contribution in [0.1, 0.15) is 17.5 Å². The summed E-state index contributed by atoms with van der Waals surface area (Å²) in [6.45, 7) is 4.02. The minimum atomic E-state index is 0.535. The van der Waals surface area contributed by atoms with Gasteiger partial charge in [0, 0.05) is 37.1 Å². The Bertz CT molecular complexity index is 981. The predicted molar refractivity (Wildman–Crippen MR) is 104 cm³/mol. The zero-order valence-corrected chi connectivity index (χ0v) is 15.5. The van der Waals surface area contributed by atoms with Gasteiger partial charge in [0.15, 0.2) is 5.65 Å². The molecule has 26 heavy (non-hydrogen) atoms. The van der Waals surface area contributed by atoms with Crippen LogP contribution >= 0.6 is 0 Å². The maximum absolute atomic E-state index is 9.75. The lowest BCUT2D eigenvalue weighted by molar-refractivity contribution is 0.315. The molecule has 5 heteroatoms. The Kier molecular flexibility index (Phi) is 4.14. The largest absolute Gasteiger partial charge is 0.356 e. The fourth-order valence-electron chi connectivity index (χ4n) is 3.99. The molecule has 3 aromatic rings. The molecule has 0 aliphatic carbocycles. The van der Waals surface area contributed by atoms with Crippen molar-refractivity contribution in [3.05, 3.63) is 53.9 Å². The van der Waals surface area contributed by atoms with E-state index in [-0.39, 0.29) is 0 Å². The van der Waals surface area contributed by atoms with Gasteiger partial charge in [0.05, 0.1) is 5.56 Å². The molecule has 1 saturated heterocycles. The van der Waals surface area contributed by atoms with E-state index in [2.05, 4.69) is 63.6 Å². The van der Waals surface area contributed by atoms with Crippen molar-refractivity contribution in [3.63, 3.8) is 0 Å². The summed E-state index contributed by atoms with van der Waals surface area (Å²) in [5.74, 6) is 1.14. The predicted octanol–water partition coefficient (Wildman–Crippen LogP) is 3.32. The molecule has 4 rings (SSSR count). The Labute approximate surface area is 154 Å². The molecule has 1 aliphatic rings. The smallest absolute Gasteiger partial charge is 0.156 e. The maximum atomic E-state index is 9.75. The highest BCUT2D eigenvalue weighted by molar-refractivity contribution is 5.85. The normalized spacial score (nSPS) is 17.2. The second kappa shape index (κ2) is 6.47. The fraction of sp³-hybridized carbons (Fsp3) is 0.333. The number of benzene rings is 1. The van der Waals surface area contributed by atoms with Gasteiger partial charge in [-0.3, -0.25) is 4.40 Å². The number of hydrogen-bond donors (Lipinski definition) is 0. The van der Waals surface area contributed by atoms with E-state index < -0.39 is 0 Å². The molecular formula is C21H23N5. The minimum Gasteiger partial charge on any atom is -0.356 e. The molecule has 0 bridgehead atoms. The molecule has 0 saturated carbocycles. The number of likely N-dealkylation sites (N-methyl/N-ethyl adjacent to an activating group) is 1. The third-order valence-corrected chi connectivity index (χ3v) is 5.43. The molecule has 3 heterocycles. The summed E-state index contributed by atoms with van der Waals surface area (Å²) in [7, 11) is 4.28. The molecule has 0 unspecified atom stereocenters. The van der Waals surface area contributed by atoms with Gasteiger partial charge in [-0.15, -0.1) is 0 Å². The van der Waals surface area contributed by atoms with Crippen LogP contribution in [0.2, 0.25) is 0 Å². The molecule has 5 nitrogen and oxygen atoms in total.